The zero-order valence-electron chi connectivity index (χ0n) is 17.6. The summed E-state index contributed by atoms with van der Waals surface area (Å²) in [5, 5.41) is 0. The molecule has 0 unspecified atom stereocenters. The lowest BCUT2D eigenvalue weighted by atomic mass is 9.97. The molecule has 0 aliphatic carbocycles. The third-order valence-corrected chi connectivity index (χ3v) is 5.61. The highest BCUT2D eigenvalue weighted by atomic mass is 16.5. The van der Waals surface area contributed by atoms with Crippen molar-refractivity contribution in [3.8, 4) is 11.5 Å². The van der Waals surface area contributed by atoms with Crippen molar-refractivity contribution in [2.75, 3.05) is 50.8 Å². The normalized spacial score (nSPS) is 18.9. The van der Waals surface area contributed by atoms with E-state index in [-0.39, 0.29) is 11.2 Å². The number of Topliss-reactive ketones (excluding diaryl/α,β-unsaturated/α-hetero) is 1. The van der Waals surface area contributed by atoms with Crippen LogP contribution >= 0.6 is 0 Å². The van der Waals surface area contributed by atoms with Gasteiger partial charge in [-0.2, -0.15) is 0 Å². The van der Waals surface area contributed by atoms with Crippen molar-refractivity contribution >= 4 is 11.5 Å². The first-order valence-electron chi connectivity index (χ1n) is 10.4. The van der Waals surface area contributed by atoms with Gasteiger partial charge >= 0.3 is 0 Å². The van der Waals surface area contributed by atoms with E-state index in [2.05, 4.69) is 54.8 Å². The van der Waals surface area contributed by atoms with Gasteiger partial charge in [0.2, 0.25) is 0 Å². The fraction of sp³-hybridized carbons (Fsp3) is 0.458. The SMILES string of the molecule is Cc1cccc(N2CCN(CC(=O)c3ccc4c(c3)OCC(C)(C)CO4)CC2)c1. The monoisotopic (exact) mass is 394 g/mol. The minimum Gasteiger partial charge on any atom is -0.489 e. The number of carbonyl (C=O) groups is 1. The van der Waals surface area contributed by atoms with E-state index in [1.165, 1.54) is 11.3 Å². The van der Waals surface area contributed by atoms with Crippen LogP contribution in [-0.4, -0.2) is 56.6 Å². The molecule has 2 aromatic carbocycles. The van der Waals surface area contributed by atoms with Crippen LogP contribution in [0, 0.1) is 12.3 Å². The molecule has 5 heteroatoms. The molecule has 154 valence electrons. The van der Waals surface area contributed by atoms with E-state index in [1.54, 1.807) is 0 Å². The van der Waals surface area contributed by atoms with E-state index in [0.29, 0.717) is 31.1 Å². The number of hydrogen-bond donors (Lipinski definition) is 0. The average Bonchev–Trinajstić information content (AvgIpc) is 2.86. The standard InChI is InChI=1S/C24H30N2O3/c1-18-5-4-6-20(13-18)26-11-9-25(10-12-26)15-21(27)19-7-8-22-23(14-19)29-17-24(2,3)16-28-22/h4-8,13-14H,9-12,15-17H2,1-3H3. The van der Waals surface area contributed by atoms with E-state index >= 15 is 0 Å². The van der Waals surface area contributed by atoms with Crippen molar-refractivity contribution in [1.82, 2.24) is 4.90 Å². The molecule has 2 aliphatic rings. The summed E-state index contributed by atoms with van der Waals surface area (Å²) in [5.41, 5.74) is 3.19. The summed E-state index contributed by atoms with van der Waals surface area (Å²) in [6.07, 6.45) is 0. The van der Waals surface area contributed by atoms with Gasteiger partial charge in [-0.3, -0.25) is 9.69 Å². The third kappa shape index (κ3) is 4.73. The third-order valence-electron chi connectivity index (χ3n) is 5.61. The number of nitrogens with zero attached hydrogens (tertiary/aromatic N) is 2. The Morgan fingerprint density at radius 1 is 0.966 bits per heavy atom. The molecule has 2 aliphatic heterocycles. The van der Waals surface area contributed by atoms with Crippen molar-refractivity contribution in [2.24, 2.45) is 5.41 Å². The lowest BCUT2D eigenvalue weighted by Gasteiger charge is -2.35. The molecular formula is C24H30N2O3. The highest BCUT2D eigenvalue weighted by Gasteiger charge is 2.26. The molecule has 0 radical (unpaired) electrons. The smallest absolute Gasteiger partial charge is 0.176 e. The molecule has 0 spiro atoms. The number of benzene rings is 2. The van der Waals surface area contributed by atoms with Crippen molar-refractivity contribution in [3.05, 3.63) is 53.6 Å². The van der Waals surface area contributed by atoms with E-state index in [0.717, 1.165) is 31.9 Å². The maximum atomic E-state index is 12.9. The number of carbonyl (C=O) groups excluding carboxylic acids is 1. The van der Waals surface area contributed by atoms with Crippen LogP contribution in [0.25, 0.3) is 0 Å². The maximum absolute atomic E-state index is 12.9. The molecule has 2 heterocycles. The summed E-state index contributed by atoms with van der Waals surface area (Å²) in [7, 11) is 0. The Bertz CT molecular complexity index is 885. The van der Waals surface area contributed by atoms with Gasteiger partial charge in [0.1, 0.15) is 0 Å². The lowest BCUT2D eigenvalue weighted by Crippen LogP contribution is -2.48. The summed E-state index contributed by atoms with van der Waals surface area (Å²) in [6.45, 7) is 11.6. The minimum atomic E-state index is -0.0415. The molecule has 29 heavy (non-hydrogen) atoms. The minimum absolute atomic E-state index is 0.0415. The fourth-order valence-electron chi connectivity index (χ4n) is 3.78. The summed E-state index contributed by atoms with van der Waals surface area (Å²) in [4.78, 5) is 17.5. The topological polar surface area (TPSA) is 42.0 Å². The molecule has 5 nitrogen and oxygen atoms in total. The Morgan fingerprint density at radius 3 is 2.41 bits per heavy atom. The predicted octanol–water partition coefficient (Wildman–Crippen LogP) is 3.80. The zero-order chi connectivity index (χ0) is 20.4. The second-order valence-corrected chi connectivity index (χ2v) is 8.93. The summed E-state index contributed by atoms with van der Waals surface area (Å²) in [5.74, 6) is 1.52. The highest BCUT2D eigenvalue weighted by Crippen LogP contribution is 2.34. The highest BCUT2D eigenvalue weighted by molar-refractivity contribution is 5.98. The van der Waals surface area contributed by atoms with Crippen molar-refractivity contribution in [1.29, 1.82) is 0 Å². The summed E-state index contributed by atoms with van der Waals surface area (Å²) >= 11 is 0. The van der Waals surface area contributed by atoms with Gasteiger partial charge in [0.25, 0.3) is 0 Å². The van der Waals surface area contributed by atoms with Gasteiger partial charge in [-0.15, -0.1) is 0 Å². The lowest BCUT2D eigenvalue weighted by molar-refractivity contribution is 0.0926. The number of fused-ring (bicyclic) bond motifs is 1. The number of piperazine rings is 1. The van der Waals surface area contributed by atoms with Gasteiger partial charge in [0.05, 0.1) is 19.8 Å². The molecule has 4 rings (SSSR count). The Kier molecular flexibility index (Phi) is 5.50. The van der Waals surface area contributed by atoms with E-state index < -0.39 is 0 Å². The van der Waals surface area contributed by atoms with Crippen LogP contribution in [0.2, 0.25) is 0 Å². The van der Waals surface area contributed by atoms with Crippen molar-refractivity contribution in [3.63, 3.8) is 0 Å². The second kappa shape index (κ2) is 8.07. The number of rotatable bonds is 4. The molecular weight excluding hydrogens is 364 g/mol. The van der Waals surface area contributed by atoms with Crippen LogP contribution in [0.3, 0.4) is 0 Å². The van der Waals surface area contributed by atoms with Crippen LogP contribution in [0.5, 0.6) is 11.5 Å². The van der Waals surface area contributed by atoms with E-state index in [9.17, 15) is 4.79 Å². The van der Waals surface area contributed by atoms with Gasteiger partial charge < -0.3 is 14.4 Å². The number of anilines is 1. The number of ketones is 1. The quantitative estimate of drug-likeness (QED) is 0.738. The Morgan fingerprint density at radius 2 is 1.69 bits per heavy atom. The van der Waals surface area contributed by atoms with Gasteiger partial charge in [-0.25, -0.2) is 0 Å². The Labute approximate surface area is 173 Å². The molecule has 0 aromatic heterocycles. The zero-order valence-corrected chi connectivity index (χ0v) is 17.6. The molecule has 0 atom stereocenters. The molecule has 1 saturated heterocycles. The van der Waals surface area contributed by atoms with Crippen LogP contribution in [0.1, 0.15) is 29.8 Å². The number of hydrogen-bond acceptors (Lipinski definition) is 5. The molecule has 0 bridgehead atoms. The van der Waals surface area contributed by atoms with Crippen LogP contribution in [0.4, 0.5) is 5.69 Å². The van der Waals surface area contributed by atoms with Crippen LogP contribution in [0.15, 0.2) is 42.5 Å². The number of aryl methyl sites for hydroxylation is 1. The first kappa shape index (κ1) is 19.8. The van der Waals surface area contributed by atoms with Gasteiger partial charge in [0, 0.05) is 42.8 Å². The van der Waals surface area contributed by atoms with Gasteiger partial charge in [0.15, 0.2) is 17.3 Å². The second-order valence-electron chi connectivity index (χ2n) is 8.93. The van der Waals surface area contributed by atoms with E-state index in [4.69, 9.17) is 9.47 Å². The van der Waals surface area contributed by atoms with Gasteiger partial charge in [-0.05, 0) is 42.8 Å². The Hall–Kier alpha value is -2.53. The predicted molar refractivity (Wildman–Crippen MR) is 115 cm³/mol. The molecule has 0 saturated carbocycles. The summed E-state index contributed by atoms with van der Waals surface area (Å²) < 4.78 is 11.8. The largest absolute Gasteiger partial charge is 0.489 e. The number of ether oxygens (including phenoxy) is 2. The van der Waals surface area contributed by atoms with Gasteiger partial charge in [-0.1, -0.05) is 26.0 Å². The molecule has 0 N–H and O–H groups in total. The molecule has 1 fully saturated rings. The van der Waals surface area contributed by atoms with E-state index in [1.807, 2.05) is 18.2 Å². The maximum Gasteiger partial charge on any atom is 0.176 e. The van der Waals surface area contributed by atoms with Crippen LogP contribution in [-0.2, 0) is 0 Å². The Balaban J connectivity index is 1.35. The summed E-state index contributed by atoms with van der Waals surface area (Å²) in [6, 6.07) is 14.2. The molecule has 0 amide bonds. The first-order chi connectivity index (χ1) is 13.9. The first-order valence-corrected chi connectivity index (χ1v) is 10.4. The van der Waals surface area contributed by atoms with Crippen molar-refractivity contribution < 1.29 is 14.3 Å². The molecule has 2 aromatic rings. The fourth-order valence-corrected chi connectivity index (χ4v) is 3.78. The van der Waals surface area contributed by atoms with Crippen LogP contribution < -0.4 is 14.4 Å². The average molecular weight is 395 g/mol. The van der Waals surface area contributed by atoms with Crippen molar-refractivity contribution in [2.45, 2.75) is 20.8 Å².